The maximum atomic E-state index is 12.1. The van der Waals surface area contributed by atoms with E-state index in [2.05, 4.69) is 9.72 Å². The topological polar surface area (TPSA) is 88.7 Å². The van der Waals surface area contributed by atoms with Crippen LogP contribution in [0.5, 0.6) is 11.8 Å². The molecule has 1 atom stereocenters. The minimum Gasteiger partial charge on any atom is -0.443 e. The first-order chi connectivity index (χ1) is 12.3. The fraction of sp³-hybridized carbons (Fsp3) is 0.400. The molecule has 0 amide bonds. The fourth-order valence-corrected chi connectivity index (χ4v) is 2.42. The summed E-state index contributed by atoms with van der Waals surface area (Å²) in [6, 6.07) is 5.55. The van der Waals surface area contributed by atoms with E-state index in [0.29, 0.717) is 18.5 Å². The van der Waals surface area contributed by atoms with Crippen molar-refractivity contribution in [3.8, 4) is 11.8 Å². The summed E-state index contributed by atoms with van der Waals surface area (Å²) in [7, 11) is 0. The number of alkyl halides is 3. The van der Waals surface area contributed by atoms with Crippen molar-refractivity contribution < 1.29 is 32.3 Å². The summed E-state index contributed by atoms with van der Waals surface area (Å²) >= 11 is 0. The molecule has 2 heterocycles. The number of nitrogens with zero attached hydrogens (tertiary/aromatic N) is 3. The monoisotopic (exact) mass is 373 g/mol. The van der Waals surface area contributed by atoms with Gasteiger partial charge in [-0.05, 0) is 29.0 Å². The lowest BCUT2D eigenvalue weighted by molar-refractivity contribution is -0.389. The molecule has 140 valence electrons. The molecule has 0 fully saturated rings. The van der Waals surface area contributed by atoms with Gasteiger partial charge in [-0.2, -0.15) is 0 Å². The molecule has 1 aromatic heterocycles. The number of aromatic nitrogens is 2. The molecule has 0 saturated carbocycles. The smallest absolute Gasteiger partial charge is 0.443 e. The fourth-order valence-electron chi connectivity index (χ4n) is 2.42. The third kappa shape index (κ3) is 4.63. The quantitative estimate of drug-likeness (QED) is 0.591. The zero-order chi connectivity index (χ0) is 18.7. The number of nitro groups is 1. The lowest BCUT2D eigenvalue weighted by atomic mass is 10.2. The highest BCUT2D eigenvalue weighted by molar-refractivity contribution is 5.27. The average Bonchev–Trinajstić information content (AvgIpc) is 2.89. The number of hydrogen-bond donors (Lipinski definition) is 0. The lowest BCUT2D eigenvalue weighted by Gasteiger charge is -2.15. The number of ether oxygens (including phenoxy) is 3. The minimum absolute atomic E-state index is 0.163. The van der Waals surface area contributed by atoms with Gasteiger partial charge in [0.2, 0.25) is 0 Å². The van der Waals surface area contributed by atoms with Crippen molar-refractivity contribution in [1.82, 2.24) is 9.55 Å². The maximum absolute atomic E-state index is 12.1. The zero-order valence-electron chi connectivity index (χ0n) is 13.3. The number of fused-ring (bicyclic) bond motifs is 1. The van der Waals surface area contributed by atoms with E-state index in [1.54, 1.807) is 4.57 Å². The van der Waals surface area contributed by atoms with E-state index in [1.807, 2.05) is 0 Å². The van der Waals surface area contributed by atoms with Crippen LogP contribution >= 0.6 is 0 Å². The van der Waals surface area contributed by atoms with Gasteiger partial charge in [-0.1, -0.05) is 12.1 Å². The second-order valence-corrected chi connectivity index (χ2v) is 5.56. The van der Waals surface area contributed by atoms with Crippen LogP contribution in [0.1, 0.15) is 12.0 Å². The summed E-state index contributed by atoms with van der Waals surface area (Å²) in [4.78, 5) is 13.9. The van der Waals surface area contributed by atoms with Crippen molar-refractivity contribution in [2.75, 3.05) is 6.61 Å². The number of benzene rings is 1. The molecule has 0 spiro atoms. The van der Waals surface area contributed by atoms with Crippen molar-refractivity contribution in [3.05, 3.63) is 46.1 Å². The molecule has 1 unspecified atom stereocenters. The van der Waals surface area contributed by atoms with Crippen molar-refractivity contribution in [2.24, 2.45) is 0 Å². The predicted octanol–water partition coefficient (Wildman–Crippen LogP) is 3.06. The molecule has 11 heteroatoms. The molecule has 1 aromatic carbocycles. The van der Waals surface area contributed by atoms with Crippen LogP contribution in [-0.2, 0) is 17.9 Å². The van der Waals surface area contributed by atoms with E-state index in [-0.39, 0.29) is 36.9 Å². The highest BCUT2D eigenvalue weighted by Crippen LogP contribution is 2.24. The van der Waals surface area contributed by atoms with Gasteiger partial charge in [-0.15, -0.1) is 13.2 Å². The van der Waals surface area contributed by atoms with Crippen LogP contribution in [0.25, 0.3) is 0 Å². The van der Waals surface area contributed by atoms with Crippen LogP contribution in [0, 0.1) is 10.1 Å². The van der Waals surface area contributed by atoms with Gasteiger partial charge in [-0.3, -0.25) is 4.57 Å². The Hall–Kier alpha value is -2.82. The van der Waals surface area contributed by atoms with Crippen LogP contribution < -0.4 is 9.47 Å². The second kappa shape index (κ2) is 7.20. The highest BCUT2D eigenvalue weighted by atomic mass is 19.4. The molecule has 2 aromatic rings. The third-order valence-electron chi connectivity index (χ3n) is 3.65. The summed E-state index contributed by atoms with van der Waals surface area (Å²) in [6.07, 6.45) is -3.15. The van der Waals surface area contributed by atoms with Crippen molar-refractivity contribution in [2.45, 2.75) is 32.0 Å². The number of hydrogen-bond acceptors (Lipinski definition) is 6. The van der Waals surface area contributed by atoms with Gasteiger partial charge in [-0.25, -0.2) is 0 Å². The van der Waals surface area contributed by atoms with E-state index >= 15 is 0 Å². The minimum atomic E-state index is -4.73. The van der Waals surface area contributed by atoms with Crippen LogP contribution in [0.2, 0.25) is 0 Å². The lowest BCUT2D eigenvalue weighted by Crippen LogP contribution is -2.21. The molecule has 0 bridgehead atoms. The second-order valence-electron chi connectivity index (χ2n) is 5.56. The Morgan fingerprint density at radius 1 is 1.35 bits per heavy atom. The molecule has 1 aliphatic heterocycles. The standard InChI is InChI=1S/C15H14F3N3O5/c16-15(17,18)26-11-3-1-10(2-4-11)8-24-12-5-6-20-7-13(21(22)23)19-14(20)25-9-12/h1-4,7,12H,5-6,8-9H2. The Balaban J connectivity index is 1.51. The third-order valence-corrected chi connectivity index (χ3v) is 3.65. The molecule has 0 saturated heterocycles. The van der Waals surface area contributed by atoms with Crippen molar-refractivity contribution in [3.63, 3.8) is 0 Å². The SMILES string of the molecule is O=[N+]([O-])c1cn2c(n1)OCC(OCc1ccc(OC(F)(F)F)cc1)CC2. The molecule has 1 aliphatic rings. The molecule has 8 nitrogen and oxygen atoms in total. The number of aryl methyl sites for hydroxylation is 1. The van der Waals surface area contributed by atoms with Gasteiger partial charge in [0.25, 0.3) is 0 Å². The van der Waals surface area contributed by atoms with E-state index in [4.69, 9.17) is 9.47 Å². The predicted molar refractivity (Wildman–Crippen MR) is 80.7 cm³/mol. The first-order valence-electron chi connectivity index (χ1n) is 7.61. The first kappa shape index (κ1) is 18.0. The van der Waals surface area contributed by atoms with Gasteiger partial charge in [0, 0.05) is 11.5 Å². The van der Waals surface area contributed by atoms with Crippen molar-refractivity contribution >= 4 is 5.82 Å². The molecule has 3 rings (SSSR count). The molecule has 0 aliphatic carbocycles. The molecule has 0 N–H and O–H groups in total. The van der Waals surface area contributed by atoms with E-state index in [0.717, 1.165) is 0 Å². The average molecular weight is 373 g/mol. The van der Waals surface area contributed by atoms with Gasteiger partial charge in [0.15, 0.2) is 0 Å². The van der Waals surface area contributed by atoms with Gasteiger partial charge in [0.1, 0.15) is 18.6 Å². The van der Waals surface area contributed by atoms with Gasteiger partial charge >= 0.3 is 18.2 Å². The Bertz CT molecular complexity index is 750. The summed E-state index contributed by atoms with van der Waals surface area (Å²) in [5.41, 5.74) is 0.678. The van der Waals surface area contributed by atoms with Crippen LogP contribution in [-0.4, -0.2) is 33.5 Å². The molecule has 0 radical (unpaired) electrons. The Morgan fingerprint density at radius 2 is 2.08 bits per heavy atom. The van der Waals surface area contributed by atoms with Gasteiger partial charge in [0.05, 0.1) is 12.7 Å². The van der Waals surface area contributed by atoms with Crippen LogP contribution in [0.4, 0.5) is 19.0 Å². The van der Waals surface area contributed by atoms with E-state index < -0.39 is 11.3 Å². The van der Waals surface area contributed by atoms with E-state index in [9.17, 15) is 23.3 Å². The summed E-state index contributed by atoms with van der Waals surface area (Å²) < 4.78 is 52.8. The normalized spacial score (nSPS) is 17.1. The number of halogens is 3. The summed E-state index contributed by atoms with van der Waals surface area (Å²) in [5.74, 6) is -0.577. The summed E-state index contributed by atoms with van der Waals surface area (Å²) in [6.45, 7) is 0.797. The summed E-state index contributed by atoms with van der Waals surface area (Å²) in [5, 5.41) is 10.7. The Morgan fingerprint density at radius 3 is 2.73 bits per heavy atom. The maximum Gasteiger partial charge on any atom is 0.573 e. The molecular formula is C15H14F3N3O5. The highest BCUT2D eigenvalue weighted by Gasteiger charge is 2.31. The van der Waals surface area contributed by atoms with Crippen molar-refractivity contribution in [1.29, 1.82) is 0 Å². The molecule has 26 heavy (non-hydrogen) atoms. The van der Waals surface area contributed by atoms with Gasteiger partial charge < -0.3 is 24.3 Å². The number of imidazole rings is 1. The van der Waals surface area contributed by atoms with Crippen LogP contribution in [0.3, 0.4) is 0 Å². The Kier molecular flexibility index (Phi) is 4.98. The van der Waals surface area contributed by atoms with Crippen LogP contribution in [0.15, 0.2) is 30.5 Å². The zero-order valence-corrected chi connectivity index (χ0v) is 13.3. The first-order valence-corrected chi connectivity index (χ1v) is 7.61. The number of rotatable bonds is 5. The largest absolute Gasteiger partial charge is 0.573 e. The Labute approximate surface area is 145 Å². The molecular weight excluding hydrogens is 359 g/mol. The van der Waals surface area contributed by atoms with E-state index in [1.165, 1.54) is 30.5 Å².